The molecule has 5 nitrogen and oxygen atoms in total. The molecular formula is C17H16F3N4O+. The molecule has 3 fully saturated rings. The lowest BCUT2D eigenvalue weighted by atomic mass is 9.81. The molecule has 3 aliphatic heterocycles. The first-order valence-electron chi connectivity index (χ1n) is 8.01. The first-order valence-corrected chi connectivity index (χ1v) is 8.01. The van der Waals surface area contributed by atoms with Crippen LogP contribution in [0.3, 0.4) is 0 Å². The highest BCUT2D eigenvalue weighted by Crippen LogP contribution is 2.38. The Morgan fingerprint density at radius 1 is 1.32 bits per heavy atom. The van der Waals surface area contributed by atoms with E-state index in [9.17, 15) is 13.2 Å². The van der Waals surface area contributed by atoms with Crippen molar-refractivity contribution in [2.75, 3.05) is 18.5 Å². The molecule has 25 heavy (non-hydrogen) atoms. The fourth-order valence-corrected chi connectivity index (χ4v) is 3.24. The van der Waals surface area contributed by atoms with Gasteiger partial charge < -0.3 is 10.1 Å². The number of hydrogen-bond acceptors (Lipinski definition) is 4. The summed E-state index contributed by atoms with van der Waals surface area (Å²) in [5.41, 5.74) is 0.491. The van der Waals surface area contributed by atoms with Crippen LogP contribution in [-0.2, 0) is 16.5 Å². The van der Waals surface area contributed by atoms with Crippen molar-refractivity contribution in [3.63, 3.8) is 0 Å². The summed E-state index contributed by atoms with van der Waals surface area (Å²) in [6.45, 7) is 1.51. The van der Waals surface area contributed by atoms with Gasteiger partial charge in [0.15, 0.2) is 11.8 Å². The largest absolute Gasteiger partial charge is 0.494 e. The van der Waals surface area contributed by atoms with Gasteiger partial charge in [0.05, 0.1) is 6.61 Å². The van der Waals surface area contributed by atoms with Crippen LogP contribution in [0.1, 0.15) is 24.0 Å². The fourth-order valence-electron chi connectivity index (χ4n) is 3.24. The van der Waals surface area contributed by atoms with Gasteiger partial charge in [0.25, 0.3) is 0 Å². The van der Waals surface area contributed by atoms with Crippen LogP contribution in [0, 0.1) is 6.20 Å². The standard InChI is InChI=1S/C17H15F3N4O/c18-17(19,20)12-7-21-15(22-8-12)24-13-3-1-11(2-4-13)16-6-5-14(9-25-16)23-10-16/h1-4,7,14,23H,5-6,9-10H2/p+1. The number of nitrogens with zero attached hydrogens (tertiary/aromatic N) is 2. The van der Waals surface area contributed by atoms with Gasteiger partial charge in [0.1, 0.15) is 17.5 Å². The monoisotopic (exact) mass is 349 g/mol. The van der Waals surface area contributed by atoms with Crippen molar-refractivity contribution in [2.24, 2.45) is 0 Å². The number of piperidine rings is 1. The third-order valence-corrected chi connectivity index (χ3v) is 4.70. The number of morpholine rings is 1. The minimum Gasteiger partial charge on any atom is -0.367 e. The molecular weight excluding hydrogens is 333 g/mol. The van der Waals surface area contributed by atoms with E-state index in [0.29, 0.717) is 17.9 Å². The highest BCUT2D eigenvalue weighted by molar-refractivity contribution is 5.52. The molecule has 3 saturated heterocycles. The molecule has 2 unspecified atom stereocenters. The quantitative estimate of drug-likeness (QED) is 0.890. The Bertz CT molecular complexity index is 724. The first kappa shape index (κ1) is 16.1. The van der Waals surface area contributed by atoms with E-state index in [2.05, 4.69) is 20.6 Å². The molecule has 2 bridgehead atoms. The minimum atomic E-state index is -4.49. The van der Waals surface area contributed by atoms with Crippen molar-refractivity contribution in [3.8, 4) is 0 Å². The molecule has 0 amide bonds. The second-order valence-corrected chi connectivity index (χ2v) is 6.34. The number of halogens is 3. The normalized spacial score (nSPS) is 25.5. The van der Waals surface area contributed by atoms with Crippen molar-refractivity contribution in [1.82, 2.24) is 10.3 Å². The van der Waals surface area contributed by atoms with Crippen LogP contribution < -0.4 is 15.6 Å². The molecule has 0 aliphatic carbocycles. The van der Waals surface area contributed by atoms with E-state index in [4.69, 9.17) is 4.74 Å². The molecule has 0 spiro atoms. The van der Waals surface area contributed by atoms with Crippen molar-refractivity contribution < 1.29 is 22.9 Å². The van der Waals surface area contributed by atoms with Crippen LogP contribution in [0.5, 0.6) is 0 Å². The molecule has 4 heterocycles. The highest BCUT2D eigenvalue weighted by atomic mass is 19.4. The van der Waals surface area contributed by atoms with Crippen LogP contribution in [0.4, 0.5) is 24.8 Å². The van der Waals surface area contributed by atoms with Crippen molar-refractivity contribution >= 4 is 11.6 Å². The molecule has 2 N–H and O–H groups in total. The van der Waals surface area contributed by atoms with Crippen LogP contribution in [-0.4, -0.2) is 24.2 Å². The summed E-state index contributed by atoms with van der Waals surface area (Å²) in [6, 6.07) is 8.06. The summed E-state index contributed by atoms with van der Waals surface area (Å²) in [6.07, 6.45) is 0.243. The third-order valence-electron chi connectivity index (χ3n) is 4.70. The first-order chi connectivity index (χ1) is 11.9. The van der Waals surface area contributed by atoms with Gasteiger partial charge in [-0.05, 0) is 30.5 Å². The Morgan fingerprint density at radius 2 is 2.12 bits per heavy atom. The topological polar surface area (TPSA) is 60.3 Å². The predicted molar refractivity (Wildman–Crippen MR) is 82.0 cm³/mol. The Hall–Kier alpha value is -2.37. The third kappa shape index (κ3) is 3.13. The second-order valence-electron chi connectivity index (χ2n) is 6.34. The molecule has 0 saturated carbocycles. The van der Waals surface area contributed by atoms with Crippen LogP contribution in [0.2, 0.25) is 0 Å². The molecule has 0 radical (unpaired) electrons. The Labute approximate surface area is 142 Å². The van der Waals surface area contributed by atoms with Crippen LogP contribution >= 0.6 is 0 Å². The lowest BCUT2D eigenvalue weighted by molar-refractivity contribution is -0.284. The zero-order valence-electron chi connectivity index (χ0n) is 13.2. The van der Waals surface area contributed by atoms with E-state index in [1.165, 1.54) is 0 Å². The number of ether oxygens (including phenoxy) is 1. The lowest BCUT2D eigenvalue weighted by Crippen LogP contribution is -2.57. The molecule has 1 aromatic heterocycles. The minimum absolute atomic E-state index is 0.0648. The Balaban J connectivity index is 1.47. The van der Waals surface area contributed by atoms with Crippen LogP contribution in [0.15, 0.2) is 30.5 Å². The van der Waals surface area contributed by atoms with Gasteiger partial charge in [-0.3, -0.25) is 0 Å². The van der Waals surface area contributed by atoms with Gasteiger partial charge in [0.2, 0.25) is 0 Å². The predicted octanol–water partition coefficient (Wildman–Crippen LogP) is 2.22. The number of aromatic nitrogens is 2. The molecule has 130 valence electrons. The highest BCUT2D eigenvalue weighted by Gasteiger charge is 2.42. The molecule has 1 aromatic carbocycles. The van der Waals surface area contributed by atoms with E-state index in [1.54, 1.807) is 0 Å². The summed E-state index contributed by atoms with van der Waals surface area (Å²) in [7, 11) is 0. The van der Waals surface area contributed by atoms with E-state index >= 15 is 0 Å². The zero-order valence-corrected chi connectivity index (χ0v) is 13.2. The second kappa shape index (κ2) is 5.86. The maximum Gasteiger partial charge on any atom is 0.494 e. The van der Waals surface area contributed by atoms with Crippen LogP contribution in [0.25, 0.3) is 0 Å². The molecule has 5 rings (SSSR count). The van der Waals surface area contributed by atoms with E-state index in [-0.39, 0.29) is 11.5 Å². The summed E-state index contributed by atoms with van der Waals surface area (Å²) in [5.74, 6) is 0.0648. The summed E-state index contributed by atoms with van der Waals surface area (Å²) in [5, 5.41) is 6.35. The number of rotatable bonds is 3. The van der Waals surface area contributed by atoms with Gasteiger partial charge in [-0.1, -0.05) is 17.1 Å². The van der Waals surface area contributed by atoms with E-state index in [1.807, 2.05) is 30.5 Å². The smallest absolute Gasteiger partial charge is 0.367 e. The number of alkyl halides is 3. The van der Waals surface area contributed by atoms with Gasteiger partial charge in [0, 0.05) is 12.6 Å². The summed E-state index contributed by atoms with van der Waals surface area (Å²) < 4.78 is 43.5. The Morgan fingerprint density at radius 3 is 2.64 bits per heavy atom. The maximum absolute atomic E-state index is 12.5. The van der Waals surface area contributed by atoms with Gasteiger partial charge >= 0.3 is 12.1 Å². The SMILES string of the molecule is FC(F)(F)c1c#[n+]c(Nc2ccc(C34CCC(CO3)NC4)cc2)nc1. The number of nitrogens with one attached hydrogen (secondary N) is 2. The average Bonchev–Trinajstić information content (AvgIpc) is 2.63. The van der Waals surface area contributed by atoms with Gasteiger partial charge in [-0.15, -0.1) is 0 Å². The molecule has 8 heteroatoms. The summed E-state index contributed by atoms with van der Waals surface area (Å²) >= 11 is 0. The van der Waals surface area contributed by atoms with Gasteiger partial charge in [-0.25, -0.2) is 5.32 Å². The lowest BCUT2D eigenvalue weighted by Gasteiger charge is -2.47. The van der Waals surface area contributed by atoms with E-state index < -0.39 is 11.7 Å². The molecule has 3 aliphatic rings. The molecule has 2 aromatic rings. The number of anilines is 2. The molecule has 2 atom stereocenters. The van der Waals surface area contributed by atoms with Gasteiger partial charge in [-0.2, -0.15) is 18.2 Å². The maximum atomic E-state index is 12.5. The van der Waals surface area contributed by atoms with Crippen molar-refractivity contribution in [1.29, 1.82) is 0 Å². The van der Waals surface area contributed by atoms with Crippen molar-refractivity contribution in [3.05, 3.63) is 47.8 Å². The van der Waals surface area contributed by atoms with E-state index in [0.717, 1.165) is 31.6 Å². The number of benzene rings is 1. The average molecular weight is 349 g/mol. The fraction of sp³-hybridized carbons (Fsp3) is 0.412. The number of hydrogen-bond donors (Lipinski definition) is 2. The Kier molecular flexibility index (Phi) is 3.78. The van der Waals surface area contributed by atoms with Crippen molar-refractivity contribution in [2.45, 2.75) is 30.7 Å². The number of fused-ring (bicyclic) bond motifs is 3. The summed E-state index contributed by atoms with van der Waals surface area (Å²) in [4.78, 5) is 7.27. The zero-order chi connectivity index (χ0) is 17.5.